The van der Waals surface area contributed by atoms with Crippen LogP contribution in [0.25, 0.3) is 0 Å². The number of aliphatic hydroxyl groups excluding tert-OH is 1. The van der Waals surface area contributed by atoms with E-state index >= 15 is 0 Å². The Hall–Kier alpha value is -0.950. The van der Waals surface area contributed by atoms with Crippen LogP contribution >= 0.6 is 0 Å². The number of hydrogen-bond acceptors (Lipinski definition) is 5. The molecule has 0 aliphatic heterocycles. The van der Waals surface area contributed by atoms with Crippen LogP contribution < -0.4 is 0 Å². The Morgan fingerprint density at radius 1 is 1.21 bits per heavy atom. The first-order chi connectivity index (χ1) is 11.4. The van der Waals surface area contributed by atoms with Crippen LogP contribution in [0.2, 0.25) is 0 Å². The molecule has 2 aliphatic rings. The van der Waals surface area contributed by atoms with Gasteiger partial charge in [-0.3, -0.25) is 4.18 Å². The van der Waals surface area contributed by atoms with E-state index in [-0.39, 0.29) is 23.0 Å². The number of hydrogen-bond donors (Lipinski definition) is 1. The molecule has 4 atom stereocenters. The van der Waals surface area contributed by atoms with E-state index in [4.69, 9.17) is 8.92 Å². The first kappa shape index (κ1) is 17.9. The summed E-state index contributed by atoms with van der Waals surface area (Å²) in [4.78, 5) is 0.176. The lowest BCUT2D eigenvalue weighted by Gasteiger charge is -2.33. The van der Waals surface area contributed by atoms with Crippen LogP contribution in [0.4, 0.5) is 0 Å². The maximum atomic E-state index is 12.3. The molecule has 1 aromatic carbocycles. The zero-order valence-corrected chi connectivity index (χ0v) is 15.1. The minimum Gasteiger partial charge on any atom is -0.393 e. The van der Waals surface area contributed by atoms with E-state index in [1.54, 1.807) is 31.4 Å². The lowest BCUT2D eigenvalue weighted by atomic mass is 9.75. The highest BCUT2D eigenvalue weighted by molar-refractivity contribution is 7.86. The van der Waals surface area contributed by atoms with Gasteiger partial charge >= 0.3 is 0 Å². The Labute approximate surface area is 144 Å². The fraction of sp³-hybridized carbons (Fsp3) is 0.667. The molecule has 3 rings (SSSR count). The van der Waals surface area contributed by atoms with Gasteiger partial charge in [-0.05, 0) is 57.1 Å². The predicted octanol–water partition coefficient (Wildman–Crippen LogP) is 2.66. The molecule has 6 heteroatoms. The van der Waals surface area contributed by atoms with Crippen molar-refractivity contribution < 1.29 is 22.4 Å². The Morgan fingerprint density at radius 2 is 1.92 bits per heavy atom. The molecule has 0 spiro atoms. The number of ether oxygens (including phenoxy) is 1. The van der Waals surface area contributed by atoms with E-state index in [9.17, 15) is 13.5 Å². The Bertz CT molecular complexity index is 669. The molecule has 0 saturated heterocycles. The molecule has 0 heterocycles. The van der Waals surface area contributed by atoms with Gasteiger partial charge in [0, 0.05) is 12.5 Å². The number of methoxy groups -OCH3 is 1. The summed E-state index contributed by atoms with van der Waals surface area (Å²) in [7, 11) is -2.04. The molecule has 2 fully saturated rings. The first-order valence-corrected chi connectivity index (χ1v) is 9.97. The third kappa shape index (κ3) is 3.12. The summed E-state index contributed by atoms with van der Waals surface area (Å²) in [6, 6.07) is 6.64. The number of benzene rings is 1. The molecule has 0 aromatic heterocycles. The summed E-state index contributed by atoms with van der Waals surface area (Å²) in [5.74, 6) is 0.295. The van der Waals surface area contributed by atoms with E-state index in [1.165, 1.54) is 0 Å². The van der Waals surface area contributed by atoms with Gasteiger partial charge in [0.1, 0.15) is 0 Å². The molecule has 0 bridgehead atoms. The molecule has 5 nitrogen and oxygen atoms in total. The van der Waals surface area contributed by atoms with Crippen LogP contribution in [0.1, 0.15) is 37.7 Å². The van der Waals surface area contributed by atoms with Crippen LogP contribution in [-0.4, -0.2) is 39.4 Å². The average Bonchev–Trinajstić information content (AvgIpc) is 3.06. The number of aliphatic hydroxyl groups is 1. The first-order valence-electron chi connectivity index (χ1n) is 8.56. The van der Waals surface area contributed by atoms with Crippen LogP contribution in [-0.2, 0) is 19.0 Å². The van der Waals surface area contributed by atoms with Crippen molar-refractivity contribution in [2.24, 2.45) is 11.3 Å². The van der Waals surface area contributed by atoms with Crippen molar-refractivity contribution >= 4 is 10.1 Å². The van der Waals surface area contributed by atoms with E-state index in [0.717, 1.165) is 31.2 Å². The molecule has 0 radical (unpaired) electrons. The third-order valence-corrected chi connectivity index (χ3v) is 7.24. The highest BCUT2D eigenvalue weighted by Crippen LogP contribution is 2.57. The van der Waals surface area contributed by atoms with Gasteiger partial charge < -0.3 is 9.84 Å². The van der Waals surface area contributed by atoms with Crippen molar-refractivity contribution in [2.45, 2.75) is 56.1 Å². The van der Waals surface area contributed by atoms with Crippen LogP contribution in [0.3, 0.4) is 0 Å². The maximum Gasteiger partial charge on any atom is 0.296 e. The fourth-order valence-electron chi connectivity index (χ4n) is 4.55. The second-order valence-electron chi connectivity index (χ2n) is 7.08. The summed E-state index contributed by atoms with van der Waals surface area (Å²) in [5.41, 5.74) is 0.741. The van der Waals surface area contributed by atoms with Gasteiger partial charge in [0.15, 0.2) is 0 Å². The van der Waals surface area contributed by atoms with Crippen molar-refractivity contribution in [1.82, 2.24) is 0 Å². The minimum atomic E-state index is -3.75. The van der Waals surface area contributed by atoms with E-state index in [2.05, 4.69) is 0 Å². The zero-order chi connectivity index (χ0) is 17.4. The summed E-state index contributed by atoms with van der Waals surface area (Å²) in [5, 5.41) is 10.5. The van der Waals surface area contributed by atoms with Crippen molar-refractivity contribution in [3.8, 4) is 0 Å². The molecule has 134 valence electrons. The zero-order valence-electron chi connectivity index (χ0n) is 14.3. The van der Waals surface area contributed by atoms with Gasteiger partial charge in [-0.2, -0.15) is 8.42 Å². The molecule has 1 N–H and O–H groups in total. The van der Waals surface area contributed by atoms with Crippen LogP contribution in [0, 0.1) is 18.3 Å². The molecule has 2 aliphatic carbocycles. The van der Waals surface area contributed by atoms with Gasteiger partial charge in [0.25, 0.3) is 10.1 Å². The largest absolute Gasteiger partial charge is 0.393 e. The van der Waals surface area contributed by atoms with Gasteiger partial charge in [0.2, 0.25) is 0 Å². The Balaban J connectivity index is 1.66. The van der Waals surface area contributed by atoms with E-state index < -0.39 is 16.2 Å². The summed E-state index contributed by atoms with van der Waals surface area (Å²) < 4.78 is 35.4. The van der Waals surface area contributed by atoms with Crippen molar-refractivity contribution in [3.63, 3.8) is 0 Å². The number of aryl methyl sites for hydroxylation is 1. The molecular formula is C18H26O5S. The van der Waals surface area contributed by atoms with Crippen LogP contribution in [0.15, 0.2) is 29.2 Å². The third-order valence-electron chi connectivity index (χ3n) is 5.91. The van der Waals surface area contributed by atoms with Gasteiger partial charge in [-0.15, -0.1) is 0 Å². The highest BCUT2D eigenvalue weighted by atomic mass is 32.2. The Morgan fingerprint density at radius 3 is 2.58 bits per heavy atom. The SMILES string of the molecule is CO[C@@H]1CC[C@]2(CCOS(=O)(=O)c3ccc(C)cc3)[C@H](O)CC[C@H]12. The van der Waals surface area contributed by atoms with E-state index in [0.29, 0.717) is 12.3 Å². The highest BCUT2D eigenvalue weighted by Gasteiger charge is 2.56. The summed E-state index contributed by atoms with van der Waals surface area (Å²) in [6.45, 7) is 2.00. The predicted molar refractivity (Wildman–Crippen MR) is 90.1 cm³/mol. The van der Waals surface area contributed by atoms with Crippen molar-refractivity contribution in [1.29, 1.82) is 0 Å². The Kier molecular flexibility index (Phi) is 5.02. The van der Waals surface area contributed by atoms with Crippen molar-refractivity contribution in [3.05, 3.63) is 29.8 Å². The lowest BCUT2D eigenvalue weighted by Crippen LogP contribution is -2.36. The minimum absolute atomic E-state index is 0.0974. The fourth-order valence-corrected chi connectivity index (χ4v) is 5.46. The molecule has 0 unspecified atom stereocenters. The maximum absolute atomic E-state index is 12.3. The quantitative estimate of drug-likeness (QED) is 0.795. The van der Waals surface area contributed by atoms with E-state index in [1.807, 2.05) is 6.92 Å². The summed E-state index contributed by atoms with van der Waals surface area (Å²) in [6.07, 6.45) is 3.79. The average molecular weight is 354 g/mol. The normalized spacial score (nSPS) is 32.9. The van der Waals surface area contributed by atoms with Gasteiger partial charge in [0.05, 0.1) is 23.7 Å². The molecular weight excluding hydrogens is 328 g/mol. The molecule has 24 heavy (non-hydrogen) atoms. The second kappa shape index (κ2) is 6.75. The number of fused-ring (bicyclic) bond motifs is 1. The molecule has 0 amide bonds. The van der Waals surface area contributed by atoms with Crippen LogP contribution in [0.5, 0.6) is 0 Å². The monoisotopic (exact) mass is 354 g/mol. The van der Waals surface area contributed by atoms with Crippen molar-refractivity contribution in [2.75, 3.05) is 13.7 Å². The van der Waals surface area contributed by atoms with Gasteiger partial charge in [-0.1, -0.05) is 17.7 Å². The van der Waals surface area contributed by atoms with Gasteiger partial charge in [-0.25, -0.2) is 0 Å². The lowest BCUT2D eigenvalue weighted by molar-refractivity contribution is -0.00565. The topological polar surface area (TPSA) is 72.8 Å². The molecule has 2 saturated carbocycles. The second-order valence-corrected chi connectivity index (χ2v) is 8.70. The number of rotatable bonds is 6. The summed E-state index contributed by atoms with van der Waals surface area (Å²) >= 11 is 0. The standard InChI is InChI=1S/C18H26O5S/c1-13-3-5-14(6-4-13)24(20,21)23-12-11-18-10-9-16(22-2)15(18)7-8-17(18)19/h3-6,15-17,19H,7-12H2,1-2H3/t15-,16-,17-,18-/m1/s1. The smallest absolute Gasteiger partial charge is 0.296 e. The molecule has 1 aromatic rings.